The molecule has 0 spiro atoms. The standard InChI is InChI=1S/C10H22N2/c1-4-5-10-8-12(3)9(2)6-7-11-10/h9-11H,4-8H2,1-3H3. The van der Waals surface area contributed by atoms with Crippen molar-refractivity contribution in [3.63, 3.8) is 0 Å². The molecule has 0 amide bonds. The van der Waals surface area contributed by atoms with Gasteiger partial charge in [0.05, 0.1) is 0 Å². The summed E-state index contributed by atoms with van der Waals surface area (Å²) >= 11 is 0. The van der Waals surface area contributed by atoms with Gasteiger partial charge in [0.15, 0.2) is 0 Å². The molecule has 2 heteroatoms. The summed E-state index contributed by atoms with van der Waals surface area (Å²) in [7, 11) is 2.24. The lowest BCUT2D eigenvalue weighted by Crippen LogP contribution is -2.37. The molecule has 0 aliphatic carbocycles. The Labute approximate surface area is 76.3 Å². The lowest BCUT2D eigenvalue weighted by molar-refractivity contribution is 0.249. The van der Waals surface area contributed by atoms with E-state index in [2.05, 4.69) is 31.1 Å². The highest BCUT2D eigenvalue weighted by atomic mass is 15.2. The fourth-order valence-electron chi connectivity index (χ4n) is 1.85. The molecule has 1 aliphatic rings. The van der Waals surface area contributed by atoms with Crippen molar-refractivity contribution in [1.29, 1.82) is 0 Å². The molecule has 0 aromatic heterocycles. The first-order valence-corrected chi connectivity index (χ1v) is 5.17. The minimum atomic E-state index is 0.727. The first-order chi connectivity index (χ1) is 5.74. The molecule has 0 saturated carbocycles. The van der Waals surface area contributed by atoms with E-state index in [-0.39, 0.29) is 0 Å². The summed E-state index contributed by atoms with van der Waals surface area (Å²) in [5.74, 6) is 0. The second-order valence-electron chi connectivity index (χ2n) is 4.02. The Morgan fingerprint density at radius 1 is 1.50 bits per heavy atom. The zero-order valence-corrected chi connectivity index (χ0v) is 8.64. The fraction of sp³-hybridized carbons (Fsp3) is 1.00. The highest BCUT2D eigenvalue weighted by Gasteiger charge is 2.18. The van der Waals surface area contributed by atoms with E-state index < -0.39 is 0 Å². The predicted molar refractivity (Wildman–Crippen MR) is 53.4 cm³/mol. The largest absolute Gasteiger partial charge is 0.313 e. The van der Waals surface area contributed by atoms with Crippen LogP contribution in [0.4, 0.5) is 0 Å². The maximum Gasteiger partial charge on any atom is 0.0194 e. The van der Waals surface area contributed by atoms with Gasteiger partial charge in [-0.05, 0) is 33.4 Å². The number of hydrogen-bond acceptors (Lipinski definition) is 2. The zero-order chi connectivity index (χ0) is 8.97. The first-order valence-electron chi connectivity index (χ1n) is 5.17. The maximum absolute atomic E-state index is 3.60. The molecule has 1 aliphatic heterocycles. The van der Waals surface area contributed by atoms with Gasteiger partial charge in [0, 0.05) is 18.6 Å². The molecule has 2 atom stereocenters. The van der Waals surface area contributed by atoms with E-state index in [9.17, 15) is 0 Å². The van der Waals surface area contributed by atoms with Crippen molar-refractivity contribution in [3.05, 3.63) is 0 Å². The van der Waals surface area contributed by atoms with Crippen LogP contribution in [0.1, 0.15) is 33.1 Å². The van der Waals surface area contributed by atoms with E-state index in [0.717, 1.165) is 12.1 Å². The van der Waals surface area contributed by atoms with Crippen molar-refractivity contribution in [1.82, 2.24) is 10.2 Å². The maximum atomic E-state index is 3.60. The average Bonchev–Trinajstić information content (AvgIpc) is 2.16. The van der Waals surface area contributed by atoms with Crippen LogP contribution in [0.5, 0.6) is 0 Å². The second kappa shape index (κ2) is 4.83. The van der Waals surface area contributed by atoms with Gasteiger partial charge < -0.3 is 10.2 Å². The van der Waals surface area contributed by atoms with Crippen LogP contribution in [0.15, 0.2) is 0 Å². The Bertz CT molecular complexity index is 125. The first kappa shape index (κ1) is 10.0. The number of nitrogens with zero attached hydrogens (tertiary/aromatic N) is 1. The molecule has 0 radical (unpaired) electrons. The molecule has 2 unspecified atom stereocenters. The smallest absolute Gasteiger partial charge is 0.0194 e. The summed E-state index contributed by atoms with van der Waals surface area (Å²) in [4.78, 5) is 2.47. The molecule has 1 fully saturated rings. The van der Waals surface area contributed by atoms with Crippen LogP contribution in [-0.2, 0) is 0 Å². The van der Waals surface area contributed by atoms with Gasteiger partial charge in [0.1, 0.15) is 0 Å². The Morgan fingerprint density at radius 3 is 2.92 bits per heavy atom. The zero-order valence-electron chi connectivity index (χ0n) is 8.64. The molecule has 0 aromatic carbocycles. The highest BCUT2D eigenvalue weighted by Crippen LogP contribution is 2.08. The Morgan fingerprint density at radius 2 is 2.25 bits per heavy atom. The molecule has 1 heterocycles. The van der Waals surface area contributed by atoms with Crippen molar-refractivity contribution in [2.45, 2.75) is 45.2 Å². The molecule has 0 aromatic rings. The van der Waals surface area contributed by atoms with Gasteiger partial charge in [-0.25, -0.2) is 0 Å². The Hall–Kier alpha value is -0.0800. The molecule has 12 heavy (non-hydrogen) atoms. The summed E-state index contributed by atoms with van der Waals surface area (Å²) in [6.45, 7) is 6.98. The molecular formula is C10H22N2. The van der Waals surface area contributed by atoms with Gasteiger partial charge in [-0.1, -0.05) is 13.3 Å². The Kier molecular flexibility index (Phi) is 4.02. The van der Waals surface area contributed by atoms with Gasteiger partial charge in [-0.15, -0.1) is 0 Å². The van der Waals surface area contributed by atoms with Crippen molar-refractivity contribution in [2.75, 3.05) is 20.1 Å². The number of hydrogen-bond donors (Lipinski definition) is 1. The SMILES string of the molecule is CCCC1CN(C)C(C)CCN1. The van der Waals surface area contributed by atoms with Crippen LogP contribution in [0.25, 0.3) is 0 Å². The minimum absolute atomic E-state index is 0.727. The van der Waals surface area contributed by atoms with Crippen molar-refractivity contribution in [3.8, 4) is 0 Å². The monoisotopic (exact) mass is 170 g/mol. The molecule has 1 N–H and O–H groups in total. The summed E-state index contributed by atoms with van der Waals surface area (Å²) in [5.41, 5.74) is 0. The van der Waals surface area contributed by atoms with Gasteiger partial charge in [-0.3, -0.25) is 0 Å². The van der Waals surface area contributed by atoms with Crippen LogP contribution >= 0.6 is 0 Å². The number of likely N-dealkylation sites (N-methyl/N-ethyl adjacent to an activating group) is 1. The molecule has 1 rings (SSSR count). The van der Waals surface area contributed by atoms with Gasteiger partial charge >= 0.3 is 0 Å². The van der Waals surface area contributed by atoms with E-state index in [1.165, 1.54) is 32.4 Å². The predicted octanol–water partition coefficient (Wildman–Crippen LogP) is 1.47. The minimum Gasteiger partial charge on any atom is -0.313 e. The van der Waals surface area contributed by atoms with Crippen LogP contribution in [-0.4, -0.2) is 37.1 Å². The second-order valence-corrected chi connectivity index (χ2v) is 4.02. The topological polar surface area (TPSA) is 15.3 Å². The number of rotatable bonds is 2. The lowest BCUT2D eigenvalue weighted by Gasteiger charge is -2.24. The third-order valence-corrected chi connectivity index (χ3v) is 2.89. The lowest BCUT2D eigenvalue weighted by atomic mass is 10.1. The fourth-order valence-corrected chi connectivity index (χ4v) is 1.85. The molecule has 1 saturated heterocycles. The van der Waals surface area contributed by atoms with E-state index in [1.54, 1.807) is 0 Å². The quantitative estimate of drug-likeness (QED) is 0.675. The summed E-state index contributed by atoms with van der Waals surface area (Å²) < 4.78 is 0. The van der Waals surface area contributed by atoms with Crippen LogP contribution in [0.3, 0.4) is 0 Å². The highest BCUT2D eigenvalue weighted by molar-refractivity contribution is 4.78. The normalized spacial score (nSPS) is 33.2. The van der Waals surface area contributed by atoms with E-state index in [4.69, 9.17) is 0 Å². The van der Waals surface area contributed by atoms with Crippen LogP contribution < -0.4 is 5.32 Å². The molecule has 0 bridgehead atoms. The number of nitrogens with one attached hydrogen (secondary N) is 1. The van der Waals surface area contributed by atoms with E-state index in [0.29, 0.717) is 0 Å². The van der Waals surface area contributed by atoms with E-state index in [1.807, 2.05) is 0 Å². The summed E-state index contributed by atoms with van der Waals surface area (Å²) in [6.07, 6.45) is 3.90. The van der Waals surface area contributed by atoms with Crippen molar-refractivity contribution < 1.29 is 0 Å². The van der Waals surface area contributed by atoms with E-state index >= 15 is 0 Å². The molecular weight excluding hydrogens is 148 g/mol. The van der Waals surface area contributed by atoms with Crippen LogP contribution in [0.2, 0.25) is 0 Å². The summed E-state index contributed by atoms with van der Waals surface area (Å²) in [6, 6.07) is 1.48. The van der Waals surface area contributed by atoms with Crippen LogP contribution in [0, 0.1) is 0 Å². The average molecular weight is 170 g/mol. The van der Waals surface area contributed by atoms with Gasteiger partial charge in [-0.2, -0.15) is 0 Å². The van der Waals surface area contributed by atoms with Gasteiger partial charge in [0.2, 0.25) is 0 Å². The molecule has 2 nitrogen and oxygen atoms in total. The third-order valence-electron chi connectivity index (χ3n) is 2.89. The van der Waals surface area contributed by atoms with Crippen molar-refractivity contribution in [2.24, 2.45) is 0 Å². The summed E-state index contributed by atoms with van der Waals surface area (Å²) in [5, 5.41) is 3.60. The Balaban J connectivity index is 2.37. The van der Waals surface area contributed by atoms with Crippen molar-refractivity contribution >= 4 is 0 Å². The van der Waals surface area contributed by atoms with Gasteiger partial charge in [0.25, 0.3) is 0 Å². The third kappa shape index (κ3) is 2.76. The molecule has 72 valence electrons.